The van der Waals surface area contributed by atoms with Gasteiger partial charge in [0.15, 0.2) is 6.10 Å². The quantitative estimate of drug-likeness (QED) is 0.0598. The minimum atomic E-state index is -3.94. The highest BCUT2D eigenvalue weighted by atomic mass is 32.2. The van der Waals surface area contributed by atoms with Gasteiger partial charge in [-0.05, 0) is 23.1 Å². The molecule has 0 saturated heterocycles. The first-order chi connectivity index (χ1) is 17.6. The Hall–Kier alpha value is -3.44. The van der Waals surface area contributed by atoms with Gasteiger partial charge in [-0.2, -0.15) is 8.42 Å². The van der Waals surface area contributed by atoms with Crippen LogP contribution >= 0.6 is 0 Å². The number of nitrogens with zero attached hydrogens (tertiary/aromatic N) is 3. The average molecular weight is 534 g/mol. The molecule has 0 aliphatic rings. The van der Waals surface area contributed by atoms with Crippen molar-refractivity contribution in [3.05, 3.63) is 82.2 Å². The Morgan fingerprint density at radius 3 is 2.24 bits per heavy atom. The highest BCUT2D eigenvalue weighted by Gasteiger charge is 2.39. The summed E-state index contributed by atoms with van der Waals surface area (Å²) in [5, 5.41) is 3.30. The molecule has 11 nitrogen and oxygen atoms in total. The fraction of sp³-hybridized carbons (Fsp3) is 0.440. The lowest BCUT2D eigenvalue weighted by Crippen LogP contribution is -2.43. The van der Waals surface area contributed by atoms with Crippen LogP contribution in [0.2, 0.25) is 0 Å². The molecular formula is C25H31N3O8S. The van der Waals surface area contributed by atoms with Crippen LogP contribution in [0.1, 0.15) is 31.4 Å². The molecule has 1 atom stereocenters. The summed E-state index contributed by atoms with van der Waals surface area (Å²) in [4.78, 5) is 27.6. The Kier molecular flexibility index (Phi) is 12.0. The summed E-state index contributed by atoms with van der Waals surface area (Å²) < 4.78 is 45.6. The first kappa shape index (κ1) is 29.8. The summed E-state index contributed by atoms with van der Waals surface area (Å²) >= 11 is 0. The SMILES string of the molecule is CC(C)(COS(=O)(=O)CCCN=[N+]=[N-])[C@@H](OCc1ccccc1)C(=O)OCOC(=O)Cc1ccccc1. The molecule has 37 heavy (non-hydrogen) atoms. The van der Waals surface area contributed by atoms with Crippen LogP contribution in [0.3, 0.4) is 0 Å². The van der Waals surface area contributed by atoms with E-state index in [0.717, 1.165) is 11.1 Å². The summed E-state index contributed by atoms with van der Waals surface area (Å²) in [6.45, 7) is 2.27. The lowest BCUT2D eigenvalue weighted by atomic mass is 9.87. The van der Waals surface area contributed by atoms with Crippen molar-refractivity contribution >= 4 is 22.1 Å². The van der Waals surface area contributed by atoms with E-state index in [4.69, 9.17) is 23.9 Å². The monoisotopic (exact) mass is 533 g/mol. The van der Waals surface area contributed by atoms with Gasteiger partial charge in [0, 0.05) is 16.9 Å². The van der Waals surface area contributed by atoms with E-state index in [2.05, 4.69) is 10.0 Å². The molecule has 0 unspecified atom stereocenters. The van der Waals surface area contributed by atoms with Gasteiger partial charge in [-0.25, -0.2) is 4.79 Å². The van der Waals surface area contributed by atoms with E-state index in [0.29, 0.717) is 0 Å². The lowest BCUT2D eigenvalue weighted by Gasteiger charge is -2.32. The molecule has 0 aromatic heterocycles. The van der Waals surface area contributed by atoms with Gasteiger partial charge in [0.2, 0.25) is 6.79 Å². The number of hydrogen-bond donors (Lipinski definition) is 0. The average Bonchev–Trinajstić information content (AvgIpc) is 2.87. The molecular weight excluding hydrogens is 502 g/mol. The van der Waals surface area contributed by atoms with E-state index in [1.165, 1.54) is 0 Å². The Labute approximate surface area is 216 Å². The van der Waals surface area contributed by atoms with E-state index >= 15 is 0 Å². The number of carbonyl (C=O) groups excluding carboxylic acids is 2. The van der Waals surface area contributed by atoms with Crippen LogP contribution in [0, 0.1) is 5.41 Å². The standard InChI is InChI=1S/C25H31N3O8S/c1-25(2,18-36-37(31,32)15-9-14-27-28-26)23(33-17-21-12-7-4-8-13-21)24(30)35-19-34-22(29)16-20-10-5-3-6-11-20/h3-8,10-13,23H,9,14-19H2,1-2H3/t23-/m0/s1. The van der Waals surface area contributed by atoms with Crippen LogP contribution in [0.4, 0.5) is 0 Å². The molecule has 0 aliphatic heterocycles. The van der Waals surface area contributed by atoms with Gasteiger partial charge in [0.25, 0.3) is 10.1 Å². The molecule has 2 aromatic rings. The second kappa shape index (κ2) is 15.0. The fourth-order valence-electron chi connectivity index (χ4n) is 3.14. The molecule has 12 heteroatoms. The highest BCUT2D eigenvalue weighted by Crippen LogP contribution is 2.27. The number of hydrogen-bond acceptors (Lipinski definition) is 9. The van der Waals surface area contributed by atoms with Crippen molar-refractivity contribution in [2.75, 3.05) is 25.7 Å². The summed E-state index contributed by atoms with van der Waals surface area (Å²) in [5.74, 6) is -1.76. The minimum absolute atomic E-state index is 0.0145. The van der Waals surface area contributed by atoms with Crippen molar-refractivity contribution in [3.8, 4) is 0 Å². The number of azide groups is 1. The Morgan fingerprint density at radius 2 is 1.62 bits per heavy atom. The van der Waals surface area contributed by atoms with Crippen LogP contribution in [0.25, 0.3) is 10.4 Å². The lowest BCUT2D eigenvalue weighted by molar-refractivity contribution is -0.183. The molecule has 0 amide bonds. The van der Waals surface area contributed by atoms with Gasteiger partial charge in [-0.1, -0.05) is 79.6 Å². The van der Waals surface area contributed by atoms with Gasteiger partial charge in [0.1, 0.15) is 0 Å². The molecule has 0 fully saturated rings. The number of rotatable bonds is 16. The topological polar surface area (TPSA) is 154 Å². The Bertz CT molecular complexity index is 1150. The molecule has 2 rings (SSSR count). The third-order valence-corrected chi connectivity index (χ3v) is 6.39. The largest absolute Gasteiger partial charge is 0.428 e. The van der Waals surface area contributed by atoms with E-state index < -0.39 is 40.4 Å². The number of esters is 2. The summed E-state index contributed by atoms with van der Waals surface area (Å²) in [6.07, 6.45) is -1.13. The first-order valence-electron chi connectivity index (χ1n) is 11.5. The Balaban J connectivity index is 1.99. The molecule has 0 bridgehead atoms. The molecule has 2 aromatic carbocycles. The van der Waals surface area contributed by atoms with Gasteiger partial charge in [-0.15, -0.1) is 0 Å². The van der Waals surface area contributed by atoms with Crippen LogP contribution in [-0.2, 0) is 51.1 Å². The van der Waals surface area contributed by atoms with Gasteiger partial charge < -0.3 is 14.2 Å². The van der Waals surface area contributed by atoms with E-state index in [-0.39, 0.29) is 38.4 Å². The summed E-state index contributed by atoms with van der Waals surface area (Å²) in [7, 11) is -3.94. The van der Waals surface area contributed by atoms with E-state index in [1.807, 2.05) is 36.4 Å². The third-order valence-electron chi connectivity index (χ3n) is 5.12. The van der Waals surface area contributed by atoms with Crippen LogP contribution < -0.4 is 0 Å². The van der Waals surface area contributed by atoms with Crippen molar-refractivity contribution in [3.63, 3.8) is 0 Å². The van der Waals surface area contributed by atoms with Gasteiger partial charge >= 0.3 is 11.9 Å². The number of carbonyl (C=O) groups is 2. The molecule has 0 aliphatic carbocycles. The normalized spacial score (nSPS) is 12.3. The van der Waals surface area contributed by atoms with Crippen LogP contribution in [-0.4, -0.2) is 52.2 Å². The van der Waals surface area contributed by atoms with Crippen molar-refractivity contribution in [1.82, 2.24) is 0 Å². The van der Waals surface area contributed by atoms with E-state index in [9.17, 15) is 18.0 Å². The number of benzene rings is 2. The van der Waals surface area contributed by atoms with Crippen molar-refractivity contribution in [2.24, 2.45) is 10.5 Å². The maximum absolute atomic E-state index is 12.9. The third kappa shape index (κ3) is 11.4. The molecule has 0 saturated carbocycles. The molecule has 0 N–H and O–H groups in total. The zero-order valence-corrected chi connectivity index (χ0v) is 21.6. The minimum Gasteiger partial charge on any atom is -0.428 e. The van der Waals surface area contributed by atoms with Crippen molar-refractivity contribution in [2.45, 2.75) is 39.4 Å². The predicted molar refractivity (Wildman–Crippen MR) is 134 cm³/mol. The molecule has 0 heterocycles. The van der Waals surface area contributed by atoms with E-state index in [1.54, 1.807) is 38.1 Å². The van der Waals surface area contributed by atoms with Crippen LogP contribution in [0.5, 0.6) is 0 Å². The summed E-state index contributed by atoms with van der Waals surface area (Å²) in [5.41, 5.74) is 8.70. The highest BCUT2D eigenvalue weighted by molar-refractivity contribution is 7.86. The maximum atomic E-state index is 12.9. The first-order valence-corrected chi connectivity index (χ1v) is 13.1. The zero-order valence-electron chi connectivity index (χ0n) is 20.8. The maximum Gasteiger partial charge on any atom is 0.338 e. The summed E-state index contributed by atoms with van der Waals surface area (Å²) in [6, 6.07) is 18.0. The second-order valence-corrected chi connectivity index (χ2v) is 10.5. The molecule has 0 radical (unpaired) electrons. The Morgan fingerprint density at radius 1 is 1.00 bits per heavy atom. The molecule has 200 valence electrons. The number of ether oxygens (including phenoxy) is 3. The van der Waals surface area contributed by atoms with Crippen LogP contribution in [0.15, 0.2) is 65.8 Å². The molecule has 0 spiro atoms. The van der Waals surface area contributed by atoms with Crippen molar-refractivity contribution < 1.29 is 36.4 Å². The van der Waals surface area contributed by atoms with Gasteiger partial charge in [0.05, 0.1) is 25.4 Å². The second-order valence-electron chi connectivity index (χ2n) is 8.76. The van der Waals surface area contributed by atoms with Gasteiger partial charge in [-0.3, -0.25) is 8.98 Å². The smallest absolute Gasteiger partial charge is 0.338 e. The van der Waals surface area contributed by atoms with Crippen molar-refractivity contribution in [1.29, 1.82) is 0 Å². The fourth-order valence-corrected chi connectivity index (χ4v) is 4.23. The predicted octanol–water partition coefficient (Wildman–Crippen LogP) is 3.93. The zero-order chi connectivity index (χ0) is 27.2.